The van der Waals surface area contributed by atoms with E-state index in [-0.39, 0.29) is 6.10 Å². The van der Waals surface area contributed by atoms with Crippen molar-refractivity contribution in [1.82, 2.24) is 9.97 Å². The number of hydrogen-bond acceptors (Lipinski definition) is 4. The molecule has 1 aromatic rings. The molecule has 1 saturated carbocycles. The van der Waals surface area contributed by atoms with Crippen molar-refractivity contribution in [2.75, 3.05) is 11.2 Å². The van der Waals surface area contributed by atoms with Crippen molar-refractivity contribution in [2.45, 2.75) is 51.7 Å². The van der Waals surface area contributed by atoms with E-state index in [0.717, 1.165) is 12.2 Å². The first-order chi connectivity index (χ1) is 9.19. The van der Waals surface area contributed by atoms with E-state index in [1.807, 2.05) is 19.9 Å². The monoisotopic (exact) mass is 283 g/mol. The summed E-state index contributed by atoms with van der Waals surface area (Å²) in [6.45, 7) is 3.97. The zero-order valence-corrected chi connectivity index (χ0v) is 12.4. The van der Waals surface area contributed by atoms with Gasteiger partial charge in [-0.2, -0.15) is 0 Å². The summed E-state index contributed by atoms with van der Waals surface area (Å²) in [6, 6.07) is 2.27. The van der Waals surface area contributed by atoms with Gasteiger partial charge in [0.2, 0.25) is 5.88 Å². The van der Waals surface area contributed by atoms with E-state index in [1.165, 1.54) is 19.3 Å². The lowest BCUT2D eigenvalue weighted by molar-refractivity contribution is 0.232. The molecule has 0 aliphatic heterocycles. The number of nitrogens with zero attached hydrogens (tertiary/aromatic N) is 2. The Bertz CT molecular complexity index is 400. The third-order valence-electron chi connectivity index (χ3n) is 3.44. The molecule has 1 aromatic heterocycles. The number of alkyl halides is 1. The minimum absolute atomic E-state index is 0.119. The number of rotatable bonds is 5. The molecule has 0 saturated heterocycles. The van der Waals surface area contributed by atoms with Crippen molar-refractivity contribution in [3.8, 4) is 5.88 Å². The first-order valence-corrected chi connectivity index (χ1v) is 7.53. The van der Waals surface area contributed by atoms with Gasteiger partial charge in [0, 0.05) is 18.0 Å². The predicted octanol–water partition coefficient (Wildman–Crippen LogP) is 3.47. The van der Waals surface area contributed by atoms with Crippen molar-refractivity contribution in [1.29, 1.82) is 0 Å². The second-order valence-electron chi connectivity index (χ2n) is 5.36. The minimum Gasteiger partial charge on any atom is -0.475 e. The molecule has 2 unspecified atom stereocenters. The summed E-state index contributed by atoms with van der Waals surface area (Å²) in [5.41, 5.74) is 0. The van der Waals surface area contributed by atoms with Gasteiger partial charge < -0.3 is 10.1 Å². The van der Waals surface area contributed by atoms with Crippen LogP contribution in [-0.4, -0.2) is 28.0 Å². The van der Waals surface area contributed by atoms with Gasteiger partial charge in [-0.05, 0) is 32.6 Å². The third kappa shape index (κ3) is 4.23. The second-order valence-corrected chi connectivity index (χ2v) is 5.67. The molecule has 1 heterocycles. The molecule has 106 valence electrons. The van der Waals surface area contributed by atoms with Crippen LogP contribution >= 0.6 is 11.6 Å². The Hall–Kier alpha value is -1.03. The molecule has 19 heavy (non-hydrogen) atoms. The fraction of sp³-hybridized carbons (Fsp3) is 0.714. The summed E-state index contributed by atoms with van der Waals surface area (Å²) in [7, 11) is 0. The third-order valence-corrected chi connectivity index (χ3v) is 3.84. The van der Waals surface area contributed by atoms with Crippen LogP contribution in [0.1, 0.15) is 39.5 Å². The van der Waals surface area contributed by atoms with E-state index in [1.54, 1.807) is 6.33 Å². The van der Waals surface area contributed by atoms with Gasteiger partial charge in [0.05, 0.1) is 6.10 Å². The average molecular weight is 284 g/mol. The van der Waals surface area contributed by atoms with Crippen LogP contribution in [0.25, 0.3) is 0 Å². The summed E-state index contributed by atoms with van der Waals surface area (Å²) in [5, 5.41) is 3.48. The van der Waals surface area contributed by atoms with E-state index in [2.05, 4.69) is 15.3 Å². The highest BCUT2D eigenvalue weighted by Gasteiger charge is 2.24. The standard InChI is InChI=1S/C14H22ClN3O/c1-10(2)19-14-7-13(16-9-17-14)18-12-6-4-3-5-11(12)8-15/h7,9-12H,3-6,8H2,1-2H3,(H,16,17,18). The number of aromatic nitrogens is 2. The van der Waals surface area contributed by atoms with Gasteiger partial charge >= 0.3 is 0 Å². The van der Waals surface area contributed by atoms with Crippen LogP contribution in [0.15, 0.2) is 12.4 Å². The van der Waals surface area contributed by atoms with Crippen molar-refractivity contribution >= 4 is 17.4 Å². The number of nitrogens with one attached hydrogen (secondary N) is 1. The fourth-order valence-electron chi connectivity index (χ4n) is 2.50. The molecule has 4 nitrogen and oxygen atoms in total. The second kappa shape index (κ2) is 6.94. The predicted molar refractivity (Wildman–Crippen MR) is 77.9 cm³/mol. The molecule has 1 fully saturated rings. The lowest BCUT2D eigenvalue weighted by atomic mass is 9.86. The molecule has 2 rings (SSSR count). The highest BCUT2D eigenvalue weighted by molar-refractivity contribution is 6.18. The highest BCUT2D eigenvalue weighted by Crippen LogP contribution is 2.28. The molecule has 0 bridgehead atoms. The van der Waals surface area contributed by atoms with E-state index in [0.29, 0.717) is 23.7 Å². The molecular weight excluding hydrogens is 262 g/mol. The largest absolute Gasteiger partial charge is 0.475 e. The highest BCUT2D eigenvalue weighted by atomic mass is 35.5. The molecule has 1 aliphatic carbocycles. The molecule has 1 aliphatic rings. The van der Waals surface area contributed by atoms with Crippen LogP contribution in [0.4, 0.5) is 5.82 Å². The van der Waals surface area contributed by atoms with Gasteiger partial charge in [-0.25, -0.2) is 9.97 Å². The van der Waals surface area contributed by atoms with Crippen molar-refractivity contribution < 1.29 is 4.74 Å². The average Bonchev–Trinajstić information content (AvgIpc) is 2.39. The SMILES string of the molecule is CC(C)Oc1cc(NC2CCCCC2CCl)ncn1. The molecular formula is C14H22ClN3O. The Morgan fingerprint density at radius 1 is 1.37 bits per heavy atom. The first kappa shape index (κ1) is 14.4. The van der Waals surface area contributed by atoms with E-state index >= 15 is 0 Å². The lowest BCUT2D eigenvalue weighted by Gasteiger charge is -2.31. The Kier molecular flexibility index (Phi) is 5.25. The molecule has 5 heteroatoms. The minimum atomic E-state index is 0.119. The first-order valence-electron chi connectivity index (χ1n) is 7.00. The summed E-state index contributed by atoms with van der Waals surface area (Å²) in [4.78, 5) is 8.38. The Morgan fingerprint density at radius 3 is 2.89 bits per heavy atom. The maximum absolute atomic E-state index is 6.04. The van der Waals surface area contributed by atoms with Crippen LogP contribution < -0.4 is 10.1 Å². The number of halogens is 1. The van der Waals surface area contributed by atoms with Gasteiger partial charge in [0.15, 0.2) is 0 Å². The van der Waals surface area contributed by atoms with Gasteiger partial charge in [-0.1, -0.05) is 12.8 Å². The van der Waals surface area contributed by atoms with E-state index in [4.69, 9.17) is 16.3 Å². The molecule has 0 aromatic carbocycles. The van der Waals surface area contributed by atoms with Crippen LogP contribution in [-0.2, 0) is 0 Å². The van der Waals surface area contributed by atoms with Crippen LogP contribution in [0.2, 0.25) is 0 Å². The summed E-state index contributed by atoms with van der Waals surface area (Å²) in [6.07, 6.45) is 6.54. The normalized spacial score (nSPS) is 23.4. The fourth-order valence-corrected chi connectivity index (χ4v) is 2.87. The Balaban J connectivity index is 2.01. The van der Waals surface area contributed by atoms with Crippen molar-refractivity contribution in [3.63, 3.8) is 0 Å². The quantitative estimate of drug-likeness (QED) is 0.841. The van der Waals surface area contributed by atoms with Crippen LogP contribution in [0.5, 0.6) is 5.88 Å². The van der Waals surface area contributed by atoms with E-state index in [9.17, 15) is 0 Å². The Morgan fingerprint density at radius 2 is 2.16 bits per heavy atom. The zero-order valence-electron chi connectivity index (χ0n) is 11.6. The van der Waals surface area contributed by atoms with Gasteiger partial charge in [0.25, 0.3) is 0 Å². The summed E-state index contributed by atoms with van der Waals surface area (Å²) in [5.74, 6) is 2.68. The van der Waals surface area contributed by atoms with Crippen molar-refractivity contribution in [3.05, 3.63) is 12.4 Å². The summed E-state index contributed by atoms with van der Waals surface area (Å²) < 4.78 is 5.58. The molecule has 0 radical (unpaired) electrons. The molecule has 0 amide bonds. The van der Waals surface area contributed by atoms with Gasteiger partial charge in [-0.15, -0.1) is 11.6 Å². The van der Waals surface area contributed by atoms with Crippen LogP contribution in [0, 0.1) is 5.92 Å². The zero-order chi connectivity index (χ0) is 13.7. The van der Waals surface area contributed by atoms with E-state index < -0.39 is 0 Å². The molecule has 2 atom stereocenters. The topological polar surface area (TPSA) is 47.0 Å². The smallest absolute Gasteiger partial charge is 0.218 e. The maximum Gasteiger partial charge on any atom is 0.218 e. The van der Waals surface area contributed by atoms with Gasteiger partial charge in [0.1, 0.15) is 12.1 Å². The molecule has 0 spiro atoms. The number of anilines is 1. The maximum atomic E-state index is 6.04. The number of hydrogen-bond donors (Lipinski definition) is 1. The van der Waals surface area contributed by atoms with Crippen LogP contribution in [0.3, 0.4) is 0 Å². The van der Waals surface area contributed by atoms with Gasteiger partial charge in [-0.3, -0.25) is 0 Å². The van der Waals surface area contributed by atoms with Crippen molar-refractivity contribution in [2.24, 2.45) is 5.92 Å². The Labute approximate surface area is 119 Å². The lowest BCUT2D eigenvalue weighted by Crippen LogP contribution is -2.33. The summed E-state index contributed by atoms with van der Waals surface area (Å²) >= 11 is 6.04. The number of ether oxygens (including phenoxy) is 1. The molecule has 1 N–H and O–H groups in total.